The number of amides is 2. The fraction of sp³-hybridized carbons (Fsp3) is 0.219. The lowest BCUT2D eigenvalue weighted by Crippen LogP contribution is -2.72. The maximum absolute atomic E-state index is 14.4. The lowest BCUT2D eigenvalue weighted by atomic mass is 9.83. The molecule has 0 aromatic heterocycles. The third-order valence-corrected chi connectivity index (χ3v) is 9.77. The lowest BCUT2D eigenvalue weighted by Gasteiger charge is -2.53. The Morgan fingerprint density at radius 1 is 0.891 bits per heavy atom. The number of halogens is 3. The van der Waals surface area contributed by atoms with Crippen molar-refractivity contribution in [1.82, 2.24) is 4.90 Å². The number of hydrogen-bond acceptors (Lipinski definition) is 9. The summed E-state index contributed by atoms with van der Waals surface area (Å²) >= 11 is 19.1. The van der Waals surface area contributed by atoms with Crippen LogP contribution in [0.2, 0.25) is 0 Å². The van der Waals surface area contributed by atoms with Crippen LogP contribution in [-0.2, 0) is 35.1 Å². The average Bonchev–Trinajstić information content (AvgIpc) is 3.05. The topological polar surface area (TPSA) is 159 Å². The number of esters is 1. The summed E-state index contributed by atoms with van der Waals surface area (Å²) in [4.78, 5) is 69.1. The number of ether oxygens (including phenoxy) is 2. The van der Waals surface area contributed by atoms with Gasteiger partial charge in [-0.3, -0.25) is 19.3 Å². The maximum atomic E-state index is 14.4. The highest BCUT2D eigenvalue weighted by Crippen LogP contribution is 2.54. The van der Waals surface area contributed by atoms with Crippen LogP contribution in [0.3, 0.4) is 0 Å². The van der Waals surface area contributed by atoms with Gasteiger partial charge in [0.05, 0.1) is 0 Å². The summed E-state index contributed by atoms with van der Waals surface area (Å²) in [7, 11) is 0. The van der Waals surface area contributed by atoms with Gasteiger partial charge in [0.2, 0.25) is 11.7 Å². The molecule has 0 bridgehead atoms. The Morgan fingerprint density at radius 3 is 1.91 bits per heavy atom. The molecule has 2 unspecified atom stereocenters. The average molecular weight is 703 g/mol. The SMILES string of the molecule is NC(=O)OCC1=C(C(=O)OC(c2ccccc2)c2ccccc2)N2C(=O)C(N)[C@H]2SC1(C(=O)Cc1ccccc1)C(=O)C(Cl)(Cl)Cl. The highest BCUT2D eigenvalue weighted by Gasteiger charge is 2.66. The van der Waals surface area contributed by atoms with Crippen molar-refractivity contribution >= 4 is 76.1 Å². The number of ketones is 2. The molecule has 1 saturated heterocycles. The molecule has 0 saturated carbocycles. The van der Waals surface area contributed by atoms with Gasteiger partial charge in [0.25, 0.3) is 3.79 Å². The second-order valence-electron chi connectivity index (χ2n) is 10.4. The van der Waals surface area contributed by atoms with Crippen LogP contribution in [0, 0.1) is 0 Å². The molecule has 46 heavy (non-hydrogen) atoms. The quantitative estimate of drug-likeness (QED) is 0.135. The minimum absolute atomic E-state index is 0.366. The number of nitrogens with zero attached hydrogens (tertiary/aromatic N) is 1. The van der Waals surface area contributed by atoms with E-state index in [4.69, 9.17) is 55.7 Å². The number of alkyl halides is 3. The first-order valence-corrected chi connectivity index (χ1v) is 15.8. The summed E-state index contributed by atoms with van der Waals surface area (Å²) in [5.74, 6) is -3.90. The fourth-order valence-corrected chi connectivity index (χ4v) is 7.65. The largest absolute Gasteiger partial charge is 0.448 e. The second-order valence-corrected chi connectivity index (χ2v) is 14.0. The molecule has 238 valence electrons. The van der Waals surface area contributed by atoms with Crippen molar-refractivity contribution in [1.29, 1.82) is 0 Å². The Labute approximate surface area is 282 Å². The Hall–Kier alpha value is -3.87. The van der Waals surface area contributed by atoms with E-state index in [1.807, 2.05) is 0 Å². The van der Waals surface area contributed by atoms with Crippen LogP contribution in [0.5, 0.6) is 0 Å². The number of benzene rings is 3. The molecule has 2 heterocycles. The van der Waals surface area contributed by atoms with E-state index in [0.29, 0.717) is 28.5 Å². The number of β-lactam (4-membered cyclic amide) rings is 1. The van der Waals surface area contributed by atoms with E-state index in [0.717, 1.165) is 4.90 Å². The van der Waals surface area contributed by atoms with Gasteiger partial charge < -0.3 is 20.9 Å². The molecule has 5 rings (SSSR count). The first kappa shape index (κ1) is 33.5. The Kier molecular flexibility index (Phi) is 9.81. The van der Waals surface area contributed by atoms with Crippen molar-refractivity contribution in [3.05, 3.63) is 119 Å². The van der Waals surface area contributed by atoms with E-state index in [1.54, 1.807) is 91.0 Å². The van der Waals surface area contributed by atoms with E-state index in [9.17, 15) is 24.0 Å². The molecule has 0 radical (unpaired) electrons. The van der Waals surface area contributed by atoms with Crippen LogP contribution < -0.4 is 11.5 Å². The minimum atomic E-state index is -2.71. The maximum Gasteiger partial charge on any atom is 0.404 e. The molecule has 3 aromatic carbocycles. The van der Waals surface area contributed by atoms with Crippen LogP contribution >= 0.6 is 46.6 Å². The third kappa shape index (κ3) is 6.38. The van der Waals surface area contributed by atoms with Gasteiger partial charge in [-0.2, -0.15) is 0 Å². The van der Waals surface area contributed by atoms with Crippen LogP contribution in [0.15, 0.2) is 102 Å². The Morgan fingerprint density at radius 2 is 1.41 bits per heavy atom. The molecular weight excluding hydrogens is 677 g/mol. The minimum Gasteiger partial charge on any atom is -0.448 e. The van der Waals surface area contributed by atoms with Gasteiger partial charge in [-0.25, -0.2) is 9.59 Å². The van der Waals surface area contributed by atoms with Crippen LogP contribution in [-0.4, -0.2) is 61.0 Å². The Bertz CT molecular complexity index is 1660. The molecule has 10 nitrogen and oxygen atoms in total. The van der Waals surface area contributed by atoms with Crippen molar-refractivity contribution in [3.63, 3.8) is 0 Å². The highest BCUT2D eigenvalue weighted by atomic mass is 35.6. The first-order valence-electron chi connectivity index (χ1n) is 13.8. The predicted octanol–water partition coefficient (Wildman–Crippen LogP) is 4.40. The number of primary amides is 1. The van der Waals surface area contributed by atoms with Gasteiger partial charge in [0.1, 0.15) is 23.7 Å². The van der Waals surface area contributed by atoms with Crippen LogP contribution in [0.4, 0.5) is 4.79 Å². The molecule has 0 spiro atoms. The lowest BCUT2D eigenvalue weighted by molar-refractivity contribution is -0.153. The second kappa shape index (κ2) is 13.5. The standard InChI is InChI=1S/C32H26Cl3N3O7S/c33-32(34,35)29(42)31(22(39)16-18-10-4-1-5-11-18)21(17-44-30(37)43)24(38-26(40)23(36)27(38)46-31)28(41)45-25(19-12-6-2-7-13-19)20-14-8-3-9-15-20/h1-15,23,25,27H,16-17,36H2,(H2,37,43)/t23?,27-,31?/m1/s1. The van der Waals surface area contributed by atoms with Crippen molar-refractivity contribution in [2.75, 3.05) is 6.61 Å². The zero-order valence-corrected chi connectivity index (χ0v) is 26.9. The summed E-state index contributed by atoms with van der Waals surface area (Å²) < 4.78 is 5.96. The molecule has 0 aliphatic carbocycles. The summed E-state index contributed by atoms with van der Waals surface area (Å²) in [6.07, 6.45) is -2.66. The number of hydrogen-bond donors (Lipinski definition) is 2. The molecule has 3 aromatic rings. The molecular formula is C32H26Cl3N3O7S. The fourth-order valence-electron chi connectivity index (χ4n) is 5.35. The van der Waals surface area contributed by atoms with Crippen LogP contribution in [0.25, 0.3) is 0 Å². The number of Topliss-reactive ketones (excluding diaryl/α,β-unsaturated/α-hetero) is 2. The summed E-state index contributed by atoms with van der Waals surface area (Å²) in [6.45, 7) is -0.896. The van der Waals surface area contributed by atoms with Crippen molar-refractivity contribution in [2.45, 2.75) is 32.5 Å². The van der Waals surface area contributed by atoms with Gasteiger partial charge in [-0.05, 0) is 16.7 Å². The van der Waals surface area contributed by atoms with Crippen molar-refractivity contribution in [2.24, 2.45) is 11.5 Å². The van der Waals surface area contributed by atoms with Gasteiger partial charge in [0.15, 0.2) is 16.6 Å². The molecule has 2 aliphatic rings. The zero-order chi connectivity index (χ0) is 33.2. The smallest absolute Gasteiger partial charge is 0.404 e. The molecule has 14 heteroatoms. The van der Waals surface area contributed by atoms with Crippen molar-refractivity contribution in [3.8, 4) is 0 Å². The molecule has 2 aliphatic heterocycles. The van der Waals surface area contributed by atoms with E-state index in [2.05, 4.69) is 0 Å². The number of carbonyl (C=O) groups is 5. The van der Waals surface area contributed by atoms with Gasteiger partial charge in [-0.15, -0.1) is 11.8 Å². The van der Waals surface area contributed by atoms with E-state index < -0.39 is 73.5 Å². The summed E-state index contributed by atoms with van der Waals surface area (Å²) in [6, 6.07) is 24.7. The summed E-state index contributed by atoms with van der Waals surface area (Å²) in [5.41, 5.74) is 12.1. The predicted molar refractivity (Wildman–Crippen MR) is 173 cm³/mol. The number of carbonyl (C=O) groups excluding carboxylic acids is 5. The molecule has 3 atom stereocenters. The number of nitrogens with two attached hydrogens (primary N) is 2. The number of fused-ring (bicyclic) bond motifs is 1. The third-order valence-electron chi connectivity index (χ3n) is 7.49. The first-order chi connectivity index (χ1) is 21.9. The van der Waals surface area contributed by atoms with E-state index in [1.165, 1.54) is 0 Å². The van der Waals surface area contributed by atoms with Crippen LogP contribution in [0.1, 0.15) is 22.8 Å². The van der Waals surface area contributed by atoms with Gasteiger partial charge in [-0.1, -0.05) is 126 Å². The molecule has 4 N–H and O–H groups in total. The highest BCUT2D eigenvalue weighted by molar-refractivity contribution is 8.03. The molecule has 2 amide bonds. The number of rotatable bonds is 10. The van der Waals surface area contributed by atoms with E-state index in [-0.39, 0.29) is 6.42 Å². The zero-order valence-electron chi connectivity index (χ0n) is 23.8. The monoisotopic (exact) mass is 701 g/mol. The van der Waals surface area contributed by atoms with Gasteiger partial charge in [0, 0.05) is 12.0 Å². The summed E-state index contributed by atoms with van der Waals surface area (Å²) in [5, 5.41) is -1.13. The molecule has 1 fully saturated rings. The van der Waals surface area contributed by atoms with Crippen molar-refractivity contribution < 1.29 is 33.4 Å². The Balaban J connectivity index is 1.73. The van der Waals surface area contributed by atoms with Gasteiger partial charge >= 0.3 is 12.1 Å². The number of thioether (sulfide) groups is 1. The van der Waals surface area contributed by atoms with E-state index >= 15 is 0 Å². The normalized spacial score (nSPS) is 20.9.